The summed E-state index contributed by atoms with van der Waals surface area (Å²) >= 11 is 1.86. The number of nitrogens with two attached hydrogens (primary N) is 1. The second-order valence-corrected chi connectivity index (χ2v) is 4.59. The van der Waals surface area contributed by atoms with E-state index >= 15 is 0 Å². The van der Waals surface area contributed by atoms with E-state index in [1.54, 1.807) is 0 Å². The van der Waals surface area contributed by atoms with Crippen LogP contribution in [-0.2, 0) is 6.42 Å². The molecule has 0 saturated carbocycles. The molecular weight excluding hydrogens is 220 g/mol. The third kappa shape index (κ3) is 3.89. The van der Waals surface area contributed by atoms with Gasteiger partial charge < -0.3 is 11.1 Å². The summed E-state index contributed by atoms with van der Waals surface area (Å²) < 4.78 is 0. The Hall–Kier alpha value is -0.970. The highest BCUT2D eigenvalue weighted by Crippen LogP contribution is 2.18. The van der Waals surface area contributed by atoms with Crippen LogP contribution in [-0.4, -0.2) is 28.5 Å². The average molecular weight is 240 g/mol. The zero-order valence-electron chi connectivity index (χ0n) is 9.99. The van der Waals surface area contributed by atoms with Crippen LogP contribution >= 0.6 is 11.8 Å². The molecule has 1 aromatic rings. The number of nitrogen functional groups attached to an aromatic ring is 1. The lowest BCUT2D eigenvalue weighted by Gasteiger charge is -2.11. The van der Waals surface area contributed by atoms with Crippen molar-refractivity contribution >= 4 is 23.4 Å². The molecule has 1 aromatic heterocycles. The second kappa shape index (κ2) is 7.33. The number of thioether (sulfide) groups is 1. The van der Waals surface area contributed by atoms with Gasteiger partial charge in [0.1, 0.15) is 18.0 Å². The van der Waals surface area contributed by atoms with Crippen molar-refractivity contribution in [1.29, 1.82) is 0 Å². The molecular formula is C11H20N4S. The van der Waals surface area contributed by atoms with Gasteiger partial charge in [-0.1, -0.05) is 13.3 Å². The van der Waals surface area contributed by atoms with Crippen LogP contribution in [0, 0.1) is 0 Å². The Morgan fingerprint density at radius 2 is 2.25 bits per heavy atom. The molecule has 0 amide bonds. The molecule has 4 nitrogen and oxygen atoms in total. The van der Waals surface area contributed by atoms with E-state index in [1.165, 1.54) is 6.33 Å². The van der Waals surface area contributed by atoms with Crippen molar-refractivity contribution in [3.8, 4) is 0 Å². The fourth-order valence-corrected chi connectivity index (χ4v) is 1.93. The topological polar surface area (TPSA) is 63.8 Å². The van der Waals surface area contributed by atoms with Gasteiger partial charge in [0.15, 0.2) is 0 Å². The highest BCUT2D eigenvalue weighted by molar-refractivity contribution is 7.98. The maximum absolute atomic E-state index is 5.84. The molecule has 0 aliphatic rings. The fraction of sp³-hybridized carbons (Fsp3) is 0.636. The average Bonchev–Trinajstić information content (AvgIpc) is 2.29. The first-order valence-electron chi connectivity index (χ1n) is 5.61. The largest absolute Gasteiger partial charge is 0.383 e. The minimum Gasteiger partial charge on any atom is -0.383 e. The molecule has 0 aliphatic heterocycles. The first-order valence-corrected chi connectivity index (χ1v) is 7.01. The molecule has 1 rings (SSSR count). The van der Waals surface area contributed by atoms with Crippen molar-refractivity contribution in [1.82, 2.24) is 9.97 Å². The molecule has 5 heteroatoms. The van der Waals surface area contributed by atoms with Crippen LogP contribution < -0.4 is 11.1 Å². The van der Waals surface area contributed by atoms with Gasteiger partial charge in [-0.2, -0.15) is 11.8 Å². The van der Waals surface area contributed by atoms with Gasteiger partial charge in [-0.25, -0.2) is 9.97 Å². The highest BCUT2D eigenvalue weighted by atomic mass is 32.2. The van der Waals surface area contributed by atoms with E-state index in [0.29, 0.717) is 5.82 Å². The van der Waals surface area contributed by atoms with Crippen LogP contribution in [0.4, 0.5) is 11.6 Å². The first-order chi connectivity index (χ1) is 7.79. The van der Waals surface area contributed by atoms with E-state index in [9.17, 15) is 0 Å². The van der Waals surface area contributed by atoms with Crippen molar-refractivity contribution < 1.29 is 0 Å². The molecule has 0 aliphatic carbocycles. The van der Waals surface area contributed by atoms with Crippen molar-refractivity contribution in [3.05, 3.63) is 11.9 Å². The number of anilines is 2. The highest BCUT2D eigenvalue weighted by Gasteiger charge is 2.07. The summed E-state index contributed by atoms with van der Waals surface area (Å²) in [4.78, 5) is 8.27. The van der Waals surface area contributed by atoms with E-state index in [0.717, 1.165) is 42.9 Å². The summed E-state index contributed by atoms with van der Waals surface area (Å²) in [6.45, 7) is 3.07. The molecule has 0 atom stereocenters. The summed E-state index contributed by atoms with van der Waals surface area (Å²) in [7, 11) is 0. The van der Waals surface area contributed by atoms with Crippen molar-refractivity contribution in [2.24, 2.45) is 0 Å². The molecule has 0 radical (unpaired) electrons. The molecule has 3 N–H and O–H groups in total. The predicted molar refractivity (Wildman–Crippen MR) is 71.9 cm³/mol. The molecule has 1 heterocycles. The van der Waals surface area contributed by atoms with Gasteiger partial charge in [-0.05, 0) is 24.9 Å². The van der Waals surface area contributed by atoms with E-state index < -0.39 is 0 Å². The van der Waals surface area contributed by atoms with E-state index in [4.69, 9.17) is 5.73 Å². The van der Waals surface area contributed by atoms with E-state index in [-0.39, 0.29) is 0 Å². The summed E-state index contributed by atoms with van der Waals surface area (Å²) in [5.74, 6) is 2.66. The number of hydrogen-bond acceptors (Lipinski definition) is 5. The number of rotatable bonds is 7. The summed E-state index contributed by atoms with van der Waals surface area (Å²) in [5, 5.41) is 3.33. The van der Waals surface area contributed by atoms with Gasteiger partial charge in [0.05, 0.1) is 0 Å². The minimum atomic E-state index is 0.601. The molecule has 0 saturated heterocycles. The monoisotopic (exact) mass is 240 g/mol. The molecule has 0 unspecified atom stereocenters. The van der Waals surface area contributed by atoms with Crippen LogP contribution in [0.15, 0.2) is 6.33 Å². The minimum absolute atomic E-state index is 0.601. The third-order valence-corrected chi connectivity index (χ3v) is 2.99. The van der Waals surface area contributed by atoms with Gasteiger partial charge in [-0.15, -0.1) is 0 Å². The van der Waals surface area contributed by atoms with Crippen LogP contribution in [0.5, 0.6) is 0 Å². The van der Waals surface area contributed by atoms with E-state index in [1.807, 2.05) is 11.8 Å². The zero-order chi connectivity index (χ0) is 11.8. The van der Waals surface area contributed by atoms with Crippen LogP contribution in [0.3, 0.4) is 0 Å². The first kappa shape index (κ1) is 13.1. The number of nitrogens with one attached hydrogen (secondary N) is 1. The SMILES string of the molecule is CCCc1c(N)ncnc1NCCCSC. The molecule has 16 heavy (non-hydrogen) atoms. The lowest BCUT2D eigenvalue weighted by Crippen LogP contribution is -2.10. The predicted octanol–water partition coefficient (Wildman–Crippen LogP) is 2.18. The van der Waals surface area contributed by atoms with Gasteiger partial charge in [0, 0.05) is 12.1 Å². The van der Waals surface area contributed by atoms with Gasteiger partial charge in [0.2, 0.25) is 0 Å². The van der Waals surface area contributed by atoms with E-state index in [2.05, 4.69) is 28.5 Å². The summed E-state index contributed by atoms with van der Waals surface area (Å²) in [5.41, 5.74) is 6.89. The number of aromatic nitrogens is 2. The normalized spacial score (nSPS) is 10.4. The lowest BCUT2D eigenvalue weighted by molar-refractivity contribution is 0.895. The lowest BCUT2D eigenvalue weighted by atomic mass is 10.1. The quantitative estimate of drug-likeness (QED) is 0.715. The molecule has 0 spiro atoms. The Kier molecular flexibility index (Phi) is 6.00. The van der Waals surface area contributed by atoms with Crippen LogP contribution in [0.1, 0.15) is 25.3 Å². The Morgan fingerprint density at radius 1 is 1.44 bits per heavy atom. The molecule has 0 fully saturated rings. The maximum atomic E-state index is 5.84. The maximum Gasteiger partial charge on any atom is 0.134 e. The molecule has 0 bridgehead atoms. The third-order valence-electron chi connectivity index (χ3n) is 2.30. The summed E-state index contributed by atoms with van der Waals surface area (Å²) in [6.07, 6.45) is 6.75. The van der Waals surface area contributed by atoms with Gasteiger partial charge >= 0.3 is 0 Å². The Balaban J connectivity index is 2.59. The Bertz CT molecular complexity index is 317. The van der Waals surface area contributed by atoms with Crippen molar-refractivity contribution in [2.75, 3.05) is 29.6 Å². The zero-order valence-corrected chi connectivity index (χ0v) is 10.8. The van der Waals surface area contributed by atoms with Crippen LogP contribution in [0.2, 0.25) is 0 Å². The molecule has 90 valence electrons. The standard InChI is InChI=1S/C11H20N4S/c1-3-5-9-10(12)14-8-15-11(9)13-6-4-7-16-2/h8H,3-7H2,1-2H3,(H3,12,13,14,15). The Morgan fingerprint density at radius 3 is 2.94 bits per heavy atom. The van der Waals surface area contributed by atoms with Gasteiger partial charge in [0.25, 0.3) is 0 Å². The van der Waals surface area contributed by atoms with Crippen LogP contribution in [0.25, 0.3) is 0 Å². The Labute approximate surface area is 101 Å². The van der Waals surface area contributed by atoms with Crippen molar-refractivity contribution in [3.63, 3.8) is 0 Å². The van der Waals surface area contributed by atoms with Crippen molar-refractivity contribution in [2.45, 2.75) is 26.2 Å². The van der Waals surface area contributed by atoms with Gasteiger partial charge in [-0.3, -0.25) is 0 Å². The number of hydrogen-bond donors (Lipinski definition) is 2. The smallest absolute Gasteiger partial charge is 0.134 e. The molecule has 0 aromatic carbocycles. The second-order valence-electron chi connectivity index (χ2n) is 3.61. The summed E-state index contributed by atoms with van der Waals surface area (Å²) in [6, 6.07) is 0. The number of nitrogens with zero attached hydrogens (tertiary/aromatic N) is 2. The fourth-order valence-electron chi connectivity index (χ4n) is 1.50.